The van der Waals surface area contributed by atoms with Crippen molar-refractivity contribution in [1.82, 2.24) is 15.1 Å². The lowest BCUT2D eigenvalue weighted by Gasteiger charge is -2.36. The van der Waals surface area contributed by atoms with Gasteiger partial charge in [0.1, 0.15) is 0 Å². The molecule has 31 heavy (non-hydrogen) atoms. The van der Waals surface area contributed by atoms with Gasteiger partial charge in [0.05, 0.1) is 12.5 Å². The number of hydrogen-bond acceptors (Lipinski definition) is 5. The van der Waals surface area contributed by atoms with Crippen molar-refractivity contribution >= 4 is 23.5 Å². The van der Waals surface area contributed by atoms with Crippen molar-refractivity contribution < 1.29 is 14.3 Å². The lowest BCUT2D eigenvalue weighted by atomic mass is 9.97. The van der Waals surface area contributed by atoms with E-state index in [2.05, 4.69) is 32.2 Å². The molecule has 0 spiro atoms. The largest absolute Gasteiger partial charge is 0.466 e. The van der Waals surface area contributed by atoms with Crippen LogP contribution in [0.25, 0.3) is 0 Å². The van der Waals surface area contributed by atoms with Crippen LogP contribution in [-0.4, -0.2) is 87.1 Å². The Labute approximate surface area is 185 Å². The van der Waals surface area contributed by atoms with Gasteiger partial charge in [-0.25, -0.2) is 0 Å². The minimum atomic E-state index is -0.0944. The van der Waals surface area contributed by atoms with E-state index in [0.29, 0.717) is 19.6 Å². The number of likely N-dealkylation sites (tertiary alicyclic amines) is 1. The van der Waals surface area contributed by atoms with E-state index in [1.54, 1.807) is 7.05 Å². The number of aliphatic imine (C=N–C) groups is 1. The Hall–Kier alpha value is -2.77. The summed E-state index contributed by atoms with van der Waals surface area (Å²) >= 11 is 0. The maximum Gasteiger partial charge on any atom is 0.309 e. The monoisotopic (exact) mass is 429 g/mol. The van der Waals surface area contributed by atoms with Gasteiger partial charge in [-0.3, -0.25) is 14.6 Å². The number of ether oxygens (including phenoxy) is 1. The third-order valence-corrected chi connectivity index (χ3v) is 6.00. The topological polar surface area (TPSA) is 77.5 Å². The molecule has 3 rings (SSSR count). The molecule has 1 aromatic carbocycles. The second-order valence-electron chi connectivity index (χ2n) is 7.94. The molecule has 2 aliphatic heterocycles. The molecule has 8 heteroatoms. The number of guanidine groups is 1. The highest BCUT2D eigenvalue weighted by Crippen LogP contribution is 2.19. The Bertz CT molecular complexity index is 739. The first-order valence-corrected chi connectivity index (χ1v) is 11.3. The number of piperidine rings is 1. The maximum atomic E-state index is 12.6. The van der Waals surface area contributed by atoms with E-state index in [9.17, 15) is 9.59 Å². The van der Waals surface area contributed by atoms with Gasteiger partial charge in [0, 0.05) is 65.0 Å². The minimum Gasteiger partial charge on any atom is -0.466 e. The third kappa shape index (κ3) is 6.35. The number of piperazine rings is 1. The average molecular weight is 430 g/mol. The van der Waals surface area contributed by atoms with Gasteiger partial charge in [0.25, 0.3) is 0 Å². The molecule has 0 unspecified atom stereocenters. The average Bonchev–Trinajstić information content (AvgIpc) is 2.83. The van der Waals surface area contributed by atoms with Gasteiger partial charge in [0.15, 0.2) is 5.96 Å². The number of amides is 1. The van der Waals surface area contributed by atoms with Crippen LogP contribution in [0.1, 0.15) is 26.2 Å². The molecule has 0 bridgehead atoms. The quantitative estimate of drug-likeness (QED) is 0.420. The fourth-order valence-corrected chi connectivity index (χ4v) is 4.21. The van der Waals surface area contributed by atoms with E-state index in [4.69, 9.17) is 4.74 Å². The SMILES string of the molecule is CCOC(=O)C1CCN(C(=NC)NCCC(=O)N2CCN(c3ccccc3)CC2)CC1. The number of nitrogens with zero attached hydrogens (tertiary/aromatic N) is 4. The second-order valence-corrected chi connectivity index (χ2v) is 7.94. The number of benzene rings is 1. The Balaban J connectivity index is 1.36. The number of para-hydroxylation sites is 1. The van der Waals surface area contributed by atoms with Crippen molar-refractivity contribution in [3.05, 3.63) is 30.3 Å². The Morgan fingerprint density at radius 2 is 1.71 bits per heavy atom. The van der Waals surface area contributed by atoms with Crippen molar-refractivity contribution in [2.75, 3.05) is 64.4 Å². The predicted octanol–water partition coefficient (Wildman–Crippen LogP) is 1.58. The molecule has 0 aromatic heterocycles. The number of rotatable bonds is 6. The molecule has 2 fully saturated rings. The first-order valence-electron chi connectivity index (χ1n) is 11.3. The number of esters is 1. The zero-order chi connectivity index (χ0) is 22.1. The predicted molar refractivity (Wildman–Crippen MR) is 122 cm³/mol. The lowest BCUT2D eigenvalue weighted by Crippen LogP contribution is -2.50. The van der Waals surface area contributed by atoms with Gasteiger partial charge in [0.2, 0.25) is 5.91 Å². The van der Waals surface area contributed by atoms with E-state index in [1.165, 1.54) is 5.69 Å². The Morgan fingerprint density at radius 3 is 2.32 bits per heavy atom. The van der Waals surface area contributed by atoms with E-state index >= 15 is 0 Å². The first-order chi connectivity index (χ1) is 15.1. The number of anilines is 1. The zero-order valence-electron chi connectivity index (χ0n) is 18.8. The van der Waals surface area contributed by atoms with Gasteiger partial charge in [-0.1, -0.05) is 18.2 Å². The fourth-order valence-electron chi connectivity index (χ4n) is 4.21. The summed E-state index contributed by atoms with van der Waals surface area (Å²) in [6, 6.07) is 10.3. The standard InChI is InChI=1S/C23H35N5O3/c1-3-31-22(30)19-10-13-28(14-11-19)23(24-2)25-12-9-21(29)27-17-15-26(16-18-27)20-7-5-4-6-8-20/h4-8,19H,3,9-18H2,1-2H3,(H,24,25). The van der Waals surface area contributed by atoms with Crippen LogP contribution >= 0.6 is 0 Å². The van der Waals surface area contributed by atoms with E-state index in [-0.39, 0.29) is 17.8 Å². The molecule has 0 aliphatic carbocycles. The number of hydrogen-bond donors (Lipinski definition) is 1. The molecule has 2 aliphatic rings. The highest BCUT2D eigenvalue weighted by Gasteiger charge is 2.27. The molecule has 1 aromatic rings. The zero-order valence-corrected chi connectivity index (χ0v) is 18.8. The Morgan fingerprint density at radius 1 is 1.03 bits per heavy atom. The van der Waals surface area contributed by atoms with Crippen LogP contribution in [0.5, 0.6) is 0 Å². The van der Waals surface area contributed by atoms with Crippen LogP contribution in [-0.2, 0) is 14.3 Å². The van der Waals surface area contributed by atoms with Gasteiger partial charge in [-0.15, -0.1) is 0 Å². The molecule has 2 saturated heterocycles. The first kappa shape index (κ1) is 22.9. The maximum absolute atomic E-state index is 12.6. The highest BCUT2D eigenvalue weighted by molar-refractivity contribution is 5.82. The summed E-state index contributed by atoms with van der Waals surface area (Å²) in [6.45, 7) is 7.58. The Kier molecular flexibility index (Phi) is 8.55. The van der Waals surface area contributed by atoms with Crippen LogP contribution in [0.2, 0.25) is 0 Å². The van der Waals surface area contributed by atoms with Crippen molar-refractivity contribution in [2.45, 2.75) is 26.2 Å². The summed E-state index contributed by atoms with van der Waals surface area (Å²) in [7, 11) is 1.75. The summed E-state index contributed by atoms with van der Waals surface area (Å²) in [5.41, 5.74) is 1.21. The summed E-state index contributed by atoms with van der Waals surface area (Å²) in [4.78, 5) is 35.3. The molecule has 0 saturated carbocycles. The molecular formula is C23H35N5O3. The number of carbonyl (C=O) groups is 2. The van der Waals surface area contributed by atoms with Crippen LogP contribution in [0.3, 0.4) is 0 Å². The minimum absolute atomic E-state index is 0.0227. The van der Waals surface area contributed by atoms with Crippen molar-refractivity contribution in [3.8, 4) is 0 Å². The van der Waals surface area contributed by atoms with Gasteiger partial charge in [-0.2, -0.15) is 0 Å². The second kappa shape index (κ2) is 11.6. The normalized spacial score (nSPS) is 18.1. The molecule has 8 nitrogen and oxygen atoms in total. The van der Waals surface area contributed by atoms with Gasteiger partial charge in [-0.05, 0) is 31.9 Å². The molecule has 170 valence electrons. The summed E-state index contributed by atoms with van der Waals surface area (Å²) in [5, 5.41) is 3.31. The lowest BCUT2D eigenvalue weighted by molar-refractivity contribution is -0.149. The van der Waals surface area contributed by atoms with Crippen molar-refractivity contribution in [2.24, 2.45) is 10.9 Å². The highest BCUT2D eigenvalue weighted by atomic mass is 16.5. The number of carbonyl (C=O) groups excluding carboxylic acids is 2. The van der Waals surface area contributed by atoms with Gasteiger partial charge >= 0.3 is 5.97 Å². The van der Waals surface area contributed by atoms with Crippen LogP contribution in [0.4, 0.5) is 5.69 Å². The molecule has 1 N–H and O–H groups in total. The van der Waals surface area contributed by atoms with Crippen molar-refractivity contribution in [1.29, 1.82) is 0 Å². The fraction of sp³-hybridized carbons (Fsp3) is 0.609. The van der Waals surface area contributed by atoms with Crippen LogP contribution in [0, 0.1) is 5.92 Å². The van der Waals surface area contributed by atoms with Crippen molar-refractivity contribution in [3.63, 3.8) is 0 Å². The summed E-state index contributed by atoms with van der Waals surface area (Å²) < 4.78 is 5.14. The van der Waals surface area contributed by atoms with E-state index < -0.39 is 0 Å². The molecule has 0 radical (unpaired) electrons. The summed E-state index contributed by atoms with van der Waals surface area (Å²) in [6.07, 6.45) is 1.98. The molecule has 1 amide bonds. The molecule has 2 heterocycles. The van der Waals surface area contributed by atoms with E-state index in [0.717, 1.165) is 58.1 Å². The summed E-state index contributed by atoms with van der Waals surface area (Å²) in [5.74, 6) is 0.856. The molecule has 0 atom stereocenters. The third-order valence-electron chi connectivity index (χ3n) is 6.00. The number of nitrogens with one attached hydrogen (secondary N) is 1. The molecular weight excluding hydrogens is 394 g/mol. The smallest absolute Gasteiger partial charge is 0.309 e. The van der Waals surface area contributed by atoms with E-state index in [1.807, 2.05) is 30.0 Å². The van der Waals surface area contributed by atoms with Gasteiger partial charge < -0.3 is 24.8 Å². The van der Waals surface area contributed by atoms with Crippen LogP contribution < -0.4 is 10.2 Å². The van der Waals surface area contributed by atoms with Crippen LogP contribution in [0.15, 0.2) is 35.3 Å².